The SMILES string of the molecule is COc1c(C)cc(C(Cl)c2ccc(Cl)c(F)c2)cc1C. The fourth-order valence-electron chi connectivity index (χ4n) is 2.31. The van der Waals surface area contributed by atoms with Crippen LogP contribution in [0.1, 0.15) is 27.6 Å². The summed E-state index contributed by atoms with van der Waals surface area (Å²) in [7, 11) is 1.64. The van der Waals surface area contributed by atoms with Gasteiger partial charge in [-0.3, -0.25) is 0 Å². The van der Waals surface area contributed by atoms with Crippen LogP contribution in [0, 0.1) is 19.7 Å². The highest BCUT2D eigenvalue weighted by Gasteiger charge is 2.15. The summed E-state index contributed by atoms with van der Waals surface area (Å²) in [6, 6.07) is 8.53. The van der Waals surface area contributed by atoms with Crippen molar-refractivity contribution in [2.24, 2.45) is 0 Å². The summed E-state index contributed by atoms with van der Waals surface area (Å²) in [5.41, 5.74) is 3.59. The van der Waals surface area contributed by atoms with Crippen molar-refractivity contribution < 1.29 is 9.13 Å². The van der Waals surface area contributed by atoms with Crippen molar-refractivity contribution in [3.8, 4) is 5.75 Å². The molecule has 0 aliphatic rings. The van der Waals surface area contributed by atoms with Crippen molar-refractivity contribution >= 4 is 23.2 Å². The molecule has 0 aliphatic heterocycles. The highest BCUT2D eigenvalue weighted by molar-refractivity contribution is 6.30. The van der Waals surface area contributed by atoms with Crippen molar-refractivity contribution in [3.63, 3.8) is 0 Å². The zero-order valence-electron chi connectivity index (χ0n) is 11.5. The van der Waals surface area contributed by atoms with Gasteiger partial charge in [0.2, 0.25) is 0 Å². The first-order valence-corrected chi connectivity index (χ1v) is 6.99. The van der Waals surface area contributed by atoms with Crippen LogP contribution in [0.4, 0.5) is 4.39 Å². The number of halogens is 3. The van der Waals surface area contributed by atoms with Crippen LogP contribution in [-0.4, -0.2) is 7.11 Å². The highest BCUT2D eigenvalue weighted by Crippen LogP contribution is 2.34. The van der Waals surface area contributed by atoms with E-state index in [0.29, 0.717) is 5.56 Å². The number of hydrogen-bond donors (Lipinski definition) is 0. The van der Waals surface area contributed by atoms with E-state index in [0.717, 1.165) is 22.4 Å². The third-order valence-corrected chi connectivity index (χ3v) is 4.03. The number of alkyl halides is 1. The number of methoxy groups -OCH3 is 1. The molecule has 0 spiro atoms. The van der Waals surface area contributed by atoms with Crippen LogP contribution in [0.3, 0.4) is 0 Å². The Morgan fingerprint density at radius 1 is 1.05 bits per heavy atom. The topological polar surface area (TPSA) is 9.23 Å². The number of hydrogen-bond acceptors (Lipinski definition) is 1. The zero-order valence-corrected chi connectivity index (χ0v) is 13.0. The number of aryl methyl sites for hydroxylation is 2. The lowest BCUT2D eigenvalue weighted by Gasteiger charge is -2.15. The van der Waals surface area contributed by atoms with E-state index in [9.17, 15) is 4.39 Å². The molecule has 1 nitrogen and oxygen atoms in total. The fraction of sp³-hybridized carbons (Fsp3) is 0.250. The maximum absolute atomic E-state index is 13.5. The molecular formula is C16H15Cl2FO. The van der Waals surface area contributed by atoms with Crippen LogP contribution in [0.5, 0.6) is 5.75 Å². The standard InChI is InChI=1S/C16H15Cl2FO/c1-9-6-12(7-10(2)16(9)20-3)15(18)11-4-5-13(17)14(19)8-11/h4-8,15H,1-3H3. The molecule has 0 heterocycles. The second-order valence-electron chi connectivity index (χ2n) is 4.72. The van der Waals surface area contributed by atoms with E-state index >= 15 is 0 Å². The van der Waals surface area contributed by atoms with Gasteiger partial charge in [-0.25, -0.2) is 4.39 Å². The fourth-order valence-corrected chi connectivity index (χ4v) is 2.69. The average Bonchev–Trinajstić information content (AvgIpc) is 2.40. The second-order valence-corrected chi connectivity index (χ2v) is 5.57. The monoisotopic (exact) mass is 312 g/mol. The average molecular weight is 313 g/mol. The van der Waals surface area contributed by atoms with Crippen LogP contribution >= 0.6 is 23.2 Å². The molecule has 1 unspecified atom stereocenters. The number of benzene rings is 2. The van der Waals surface area contributed by atoms with Gasteiger partial charge in [0.05, 0.1) is 17.5 Å². The van der Waals surface area contributed by atoms with Gasteiger partial charge in [-0.15, -0.1) is 11.6 Å². The van der Waals surface area contributed by atoms with Crippen LogP contribution in [0.15, 0.2) is 30.3 Å². The van der Waals surface area contributed by atoms with E-state index in [2.05, 4.69) is 0 Å². The lowest BCUT2D eigenvalue weighted by molar-refractivity contribution is 0.408. The predicted molar refractivity (Wildman–Crippen MR) is 81.6 cm³/mol. The molecule has 0 aliphatic carbocycles. The molecule has 2 aromatic carbocycles. The Balaban J connectivity index is 2.42. The summed E-state index contributed by atoms with van der Waals surface area (Å²) in [6.45, 7) is 3.92. The highest BCUT2D eigenvalue weighted by atomic mass is 35.5. The molecule has 0 fully saturated rings. The molecule has 4 heteroatoms. The van der Waals surface area contributed by atoms with Crippen molar-refractivity contribution in [2.75, 3.05) is 7.11 Å². The Labute approximate surface area is 128 Å². The second kappa shape index (κ2) is 6.02. The molecule has 2 aromatic rings. The van der Waals surface area contributed by atoms with Gasteiger partial charge in [-0.1, -0.05) is 29.8 Å². The smallest absolute Gasteiger partial charge is 0.142 e. The molecule has 20 heavy (non-hydrogen) atoms. The Hall–Kier alpha value is -1.25. The molecular weight excluding hydrogens is 298 g/mol. The summed E-state index contributed by atoms with van der Waals surface area (Å²) in [5.74, 6) is 0.386. The quantitative estimate of drug-likeness (QED) is 0.686. The van der Waals surface area contributed by atoms with E-state index in [-0.39, 0.29) is 5.02 Å². The van der Waals surface area contributed by atoms with E-state index in [1.54, 1.807) is 13.2 Å². The van der Waals surface area contributed by atoms with Crippen molar-refractivity contribution in [1.82, 2.24) is 0 Å². The zero-order chi connectivity index (χ0) is 14.9. The lowest BCUT2D eigenvalue weighted by Crippen LogP contribution is -1.98. The van der Waals surface area contributed by atoms with Gasteiger partial charge in [-0.05, 0) is 48.2 Å². The van der Waals surface area contributed by atoms with Gasteiger partial charge in [-0.2, -0.15) is 0 Å². The van der Waals surface area contributed by atoms with Gasteiger partial charge in [0.1, 0.15) is 11.6 Å². The van der Waals surface area contributed by atoms with Crippen molar-refractivity contribution in [3.05, 3.63) is 63.4 Å². The Bertz CT molecular complexity index is 617. The maximum atomic E-state index is 13.5. The third-order valence-electron chi connectivity index (χ3n) is 3.22. The normalized spacial score (nSPS) is 12.3. The molecule has 0 bridgehead atoms. The first kappa shape index (κ1) is 15.1. The molecule has 106 valence electrons. The first-order valence-electron chi connectivity index (χ1n) is 6.18. The largest absolute Gasteiger partial charge is 0.496 e. The van der Waals surface area contributed by atoms with Crippen LogP contribution in [0.2, 0.25) is 5.02 Å². The van der Waals surface area contributed by atoms with E-state index in [1.165, 1.54) is 12.1 Å². The van der Waals surface area contributed by atoms with E-state index in [1.807, 2.05) is 26.0 Å². The number of rotatable bonds is 3. The predicted octanol–water partition coefficient (Wildman–Crippen LogP) is 5.43. The Morgan fingerprint density at radius 2 is 1.65 bits per heavy atom. The minimum Gasteiger partial charge on any atom is -0.496 e. The van der Waals surface area contributed by atoms with Gasteiger partial charge < -0.3 is 4.74 Å². The van der Waals surface area contributed by atoms with Gasteiger partial charge in [0.15, 0.2) is 0 Å². The van der Waals surface area contributed by atoms with Crippen molar-refractivity contribution in [2.45, 2.75) is 19.2 Å². The summed E-state index contributed by atoms with van der Waals surface area (Å²) in [5, 5.41) is -0.329. The first-order chi connectivity index (χ1) is 9.43. The van der Waals surface area contributed by atoms with Crippen LogP contribution < -0.4 is 4.74 Å². The molecule has 0 aromatic heterocycles. The molecule has 1 atom stereocenters. The van der Waals surface area contributed by atoms with E-state index in [4.69, 9.17) is 27.9 Å². The summed E-state index contributed by atoms with van der Waals surface area (Å²) >= 11 is 12.1. The van der Waals surface area contributed by atoms with E-state index < -0.39 is 11.2 Å². The summed E-state index contributed by atoms with van der Waals surface area (Å²) < 4.78 is 18.9. The molecule has 2 rings (SSSR count). The molecule has 0 N–H and O–H groups in total. The summed E-state index contributed by atoms with van der Waals surface area (Å²) in [6.07, 6.45) is 0. The Morgan fingerprint density at radius 3 is 2.15 bits per heavy atom. The van der Waals surface area contributed by atoms with Crippen LogP contribution in [0.25, 0.3) is 0 Å². The van der Waals surface area contributed by atoms with Crippen LogP contribution in [-0.2, 0) is 0 Å². The molecule has 0 saturated heterocycles. The minimum absolute atomic E-state index is 0.0970. The molecule has 0 saturated carbocycles. The minimum atomic E-state index is -0.461. The third kappa shape index (κ3) is 2.92. The maximum Gasteiger partial charge on any atom is 0.142 e. The number of ether oxygens (including phenoxy) is 1. The lowest BCUT2D eigenvalue weighted by atomic mass is 9.99. The van der Waals surface area contributed by atoms with Gasteiger partial charge in [0, 0.05) is 0 Å². The van der Waals surface area contributed by atoms with Gasteiger partial charge in [0.25, 0.3) is 0 Å². The molecule has 0 amide bonds. The summed E-state index contributed by atoms with van der Waals surface area (Å²) in [4.78, 5) is 0. The Kier molecular flexibility index (Phi) is 4.56. The van der Waals surface area contributed by atoms with Crippen molar-refractivity contribution in [1.29, 1.82) is 0 Å². The molecule has 0 radical (unpaired) electrons. The van der Waals surface area contributed by atoms with Gasteiger partial charge >= 0.3 is 0 Å².